The number of amides is 2. The van der Waals surface area contributed by atoms with Crippen molar-refractivity contribution in [3.63, 3.8) is 0 Å². The van der Waals surface area contributed by atoms with Crippen molar-refractivity contribution in [2.75, 3.05) is 20.8 Å². The minimum absolute atomic E-state index is 0.0204. The number of carbonyl (C=O) groups excluding carboxylic acids is 3. The van der Waals surface area contributed by atoms with Crippen LogP contribution in [0.2, 0.25) is 0 Å². The van der Waals surface area contributed by atoms with Crippen molar-refractivity contribution < 1.29 is 33.1 Å². The average molecular weight is 419 g/mol. The summed E-state index contributed by atoms with van der Waals surface area (Å²) in [5, 5.41) is 8.74. The van der Waals surface area contributed by atoms with E-state index in [1.807, 2.05) is 0 Å². The van der Waals surface area contributed by atoms with Crippen LogP contribution in [-0.4, -0.2) is 55.9 Å². The molecule has 1 heterocycles. The maximum Gasteiger partial charge on any atom is 0.328 e. The Bertz CT molecular complexity index is 910. The summed E-state index contributed by atoms with van der Waals surface area (Å²) in [7, 11) is 3.03. The maximum atomic E-state index is 12.4. The fraction of sp³-hybridized carbons (Fsp3) is 0.400. The van der Waals surface area contributed by atoms with Crippen molar-refractivity contribution in [1.29, 1.82) is 0 Å². The van der Waals surface area contributed by atoms with Crippen LogP contribution in [0.1, 0.15) is 31.3 Å². The summed E-state index contributed by atoms with van der Waals surface area (Å²) in [6.45, 7) is 4.85. The highest BCUT2D eigenvalue weighted by atomic mass is 16.5. The molecular formula is C20H25N3O7. The van der Waals surface area contributed by atoms with E-state index in [-0.39, 0.29) is 12.3 Å². The monoisotopic (exact) mass is 419 g/mol. The SMILES string of the molecule is CCOC(=O)[C@@H](C)NC(=O)[C@H](C)NC(=O)c1cc(-c2cc(OC)ccc2OC)on1. The van der Waals surface area contributed by atoms with Crippen molar-refractivity contribution in [3.8, 4) is 22.8 Å². The number of nitrogens with one attached hydrogen (secondary N) is 2. The Morgan fingerprint density at radius 1 is 1.07 bits per heavy atom. The number of aromatic nitrogens is 1. The molecule has 1 aromatic carbocycles. The molecule has 0 spiro atoms. The van der Waals surface area contributed by atoms with Gasteiger partial charge in [-0.1, -0.05) is 5.16 Å². The number of nitrogens with zero attached hydrogens (tertiary/aromatic N) is 1. The molecule has 2 rings (SSSR count). The largest absolute Gasteiger partial charge is 0.497 e. The second-order valence-electron chi connectivity index (χ2n) is 6.32. The normalized spacial score (nSPS) is 12.4. The van der Waals surface area contributed by atoms with Gasteiger partial charge in [0.25, 0.3) is 5.91 Å². The summed E-state index contributed by atoms with van der Waals surface area (Å²) in [5.41, 5.74) is 0.533. The minimum Gasteiger partial charge on any atom is -0.497 e. The Labute approximate surface area is 173 Å². The summed E-state index contributed by atoms with van der Waals surface area (Å²) in [6.07, 6.45) is 0. The van der Waals surface area contributed by atoms with Crippen molar-refractivity contribution >= 4 is 17.8 Å². The molecule has 0 fully saturated rings. The van der Waals surface area contributed by atoms with Crippen molar-refractivity contribution in [3.05, 3.63) is 30.0 Å². The summed E-state index contributed by atoms with van der Waals surface area (Å²) < 4.78 is 20.6. The van der Waals surface area contributed by atoms with Gasteiger partial charge in [0, 0.05) is 6.07 Å². The predicted molar refractivity (Wildman–Crippen MR) is 106 cm³/mol. The van der Waals surface area contributed by atoms with Gasteiger partial charge in [-0.05, 0) is 39.0 Å². The highest BCUT2D eigenvalue weighted by Crippen LogP contribution is 2.33. The summed E-state index contributed by atoms with van der Waals surface area (Å²) in [4.78, 5) is 36.3. The van der Waals surface area contributed by atoms with Crippen LogP contribution in [0.15, 0.2) is 28.8 Å². The van der Waals surface area contributed by atoms with Crippen LogP contribution in [0.5, 0.6) is 11.5 Å². The van der Waals surface area contributed by atoms with Gasteiger partial charge in [0.2, 0.25) is 5.91 Å². The zero-order chi connectivity index (χ0) is 22.3. The molecule has 10 heteroatoms. The number of carbonyl (C=O) groups is 3. The lowest BCUT2D eigenvalue weighted by Crippen LogP contribution is -2.49. The standard InChI is InChI=1S/C20H25N3O7/c1-6-29-20(26)12(3)22-18(24)11(2)21-19(25)15-10-17(30-23-15)14-9-13(27-4)7-8-16(14)28-5/h7-12H,6H2,1-5H3,(H,21,25)(H,22,24)/t11-,12+/m0/s1. The van der Waals surface area contributed by atoms with E-state index in [1.165, 1.54) is 34.1 Å². The Morgan fingerprint density at radius 2 is 1.80 bits per heavy atom. The molecule has 0 aliphatic carbocycles. The van der Waals surface area contributed by atoms with Crippen LogP contribution < -0.4 is 20.1 Å². The number of rotatable bonds is 9. The molecule has 30 heavy (non-hydrogen) atoms. The van der Waals surface area contributed by atoms with Crippen LogP contribution in [0, 0.1) is 0 Å². The molecule has 0 radical (unpaired) electrons. The van der Waals surface area contributed by atoms with Crippen LogP contribution in [0.3, 0.4) is 0 Å². The molecule has 0 bridgehead atoms. The van der Waals surface area contributed by atoms with E-state index >= 15 is 0 Å². The first-order valence-corrected chi connectivity index (χ1v) is 9.27. The highest BCUT2D eigenvalue weighted by Gasteiger charge is 2.24. The lowest BCUT2D eigenvalue weighted by Gasteiger charge is -2.17. The minimum atomic E-state index is -0.916. The topological polar surface area (TPSA) is 129 Å². The quantitative estimate of drug-likeness (QED) is 0.586. The molecule has 0 saturated carbocycles. The van der Waals surface area contributed by atoms with Crippen molar-refractivity contribution in [1.82, 2.24) is 15.8 Å². The Kier molecular flexibility index (Phi) is 7.79. The lowest BCUT2D eigenvalue weighted by atomic mass is 10.1. The van der Waals surface area contributed by atoms with Crippen molar-refractivity contribution in [2.24, 2.45) is 0 Å². The highest BCUT2D eigenvalue weighted by molar-refractivity contribution is 5.97. The number of methoxy groups -OCH3 is 2. The van der Waals surface area contributed by atoms with E-state index in [2.05, 4.69) is 15.8 Å². The lowest BCUT2D eigenvalue weighted by molar-refractivity contribution is -0.147. The number of benzene rings is 1. The van der Waals surface area contributed by atoms with E-state index in [1.54, 1.807) is 25.1 Å². The average Bonchev–Trinajstić information content (AvgIpc) is 3.23. The molecule has 0 saturated heterocycles. The van der Waals surface area contributed by atoms with Gasteiger partial charge in [-0.2, -0.15) is 0 Å². The van der Waals surface area contributed by atoms with Crippen LogP contribution in [-0.2, 0) is 14.3 Å². The van der Waals surface area contributed by atoms with Crippen molar-refractivity contribution in [2.45, 2.75) is 32.9 Å². The second kappa shape index (κ2) is 10.3. The Hall–Kier alpha value is -3.56. The van der Waals surface area contributed by atoms with Gasteiger partial charge in [-0.25, -0.2) is 4.79 Å². The number of ether oxygens (including phenoxy) is 3. The number of esters is 1. The van der Waals surface area contributed by atoms with Gasteiger partial charge in [0.15, 0.2) is 11.5 Å². The molecule has 1 aromatic heterocycles. The van der Waals surface area contributed by atoms with Gasteiger partial charge < -0.3 is 29.4 Å². The molecule has 162 valence electrons. The van der Waals surface area contributed by atoms with Gasteiger partial charge in [-0.3, -0.25) is 9.59 Å². The molecule has 2 N–H and O–H groups in total. The van der Waals surface area contributed by atoms with E-state index in [9.17, 15) is 14.4 Å². The molecule has 2 aromatic rings. The third kappa shape index (κ3) is 5.49. The zero-order valence-corrected chi connectivity index (χ0v) is 17.5. The van der Waals surface area contributed by atoms with Gasteiger partial charge >= 0.3 is 5.97 Å². The molecule has 0 aliphatic heterocycles. The Balaban J connectivity index is 2.06. The molecule has 2 atom stereocenters. The number of hydrogen-bond donors (Lipinski definition) is 2. The smallest absolute Gasteiger partial charge is 0.328 e. The van der Waals surface area contributed by atoms with Crippen LogP contribution >= 0.6 is 0 Å². The van der Waals surface area contributed by atoms with Gasteiger partial charge in [0.1, 0.15) is 23.6 Å². The molecule has 0 aliphatic rings. The van der Waals surface area contributed by atoms with Gasteiger partial charge in [0.05, 0.1) is 26.4 Å². The fourth-order valence-corrected chi connectivity index (χ4v) is 2.52. The first kappa shape index (κ1) is 22.7. The second-order valence-corrected chi connectivity index (χ2v) is 6.32. The summed E-state index contributed by atoms with van der Waals surface area (Å²) >= 11 is 0. The number of hydrogen-bond acceptors (Lipinski definition) is 8. The summed E-state index contributed by atoms with van der Waals surface area (Å²) in [6, 6.07) is 4.79. The van der Waals surface area contributed by atoms with Gasteiger partial charge in [-0.15, -0.1) is 0 Å². The van der Waals surface area contributed by atoms with E-state index in [0.717, 1.165) is 0 Å². The Morgan fingerprint density at radius 3 is 2.43 bits per heavy atom. The fourth-order valence-electron chi connectivity index (χ4n) is 2.52. The third-order valence-corrected chi connectivity index (χ3v) is 4.15. The molecule has 10 nitrogen and oxygen atoms in total. The first-order valence-electron chi connectivity index (χ1n) is 9.27. The van der Waals surface area contributed by atoms with Crippen LogP contribution in [0.4, 0.5) is 0 Å². The summed E-state index contributed by atoms with van der Waals surface area (Å²) in [5.74, 6) is -0.323. The first-order chi connectivity index (χ1) is 14.3. The third-order valence-electron chi connectivity index (χ3n) is 4.15. The van der Waals surface area contributed by atoms with E-state index in [0.29, 0.717) is 22.8 Å². The molecular weight excluding hydrogens is 394 g/mol. The van der Waals surface area contributed by atoms with E-state index < -0.39 is 29.9 Å². The van der Waals surface area contributed by atoms with E-state index in [4.69, 9.17) is 18.7 Å². The maximum absolute atomic E-state index is 12.4. The van der Waals surface area contributed by atoms with Crippen LogP contribution in [0.25, 0.3) is 11.3 Å². The predicted octanol–water partition coefficient (Wildman–Crippen LogP) is 1.54. The zero-order valence-electron chi connectivity index (χ0n) is 17.5. The molecule has 2 amide bonds. The molecule has 0 unspecified atom stereocenters.